The zero-order chi connectivity index (χ0) is 5.15. The number of hydrogen-bond donors (Lipinski definition) is 1. The summed E-state index contributed by atoms with van der Waals surface area (Å²) in [4.78, 5) is 9.64. The molecule has 0 spiro atoms. The van der Waals surface area contributed by atoms with Crippen LogP contribution in [0.15, 0.2) is 0 Å². The second kappa shape index (κ2) is 1.70. The molecule has 0 heterocycles. The molecule has 34 valence electrons. The first kappa shape index (κ1) is 5.34. The van der Waals surface area contributed by atoms with Gasteiger partial charge in [-0.05, 0) is 6.92 Å². The first-order valence-corrected chi connectivity index (χ1v) is 1.70. The van der Waals surface area contributed by atoms with Crippen molar-refractivity contribution in [3.8, 4) is 0 Å². The normalized spacial score (nSPS) is 13.5. The second-order valence-electron chi connectivity index (χ2n) is 1.24. The summed E-state index contributed by atoms with van der Waals surface area (Å²) in [5, 5.41) is 7.93. The van der Waals surface area contributed by atoms with Crippen LogP contribution >= 0.6 is 0 Å². The predicted octanol–water partition coefficient (Wildman–Crippen LogP) is 0.541. The van der Waals surface area contributed by atoms with Crippen LogP contribution in [0.4, 0.5) is 0 Å². The molecule has 0 saturated carbocycles. The minimum Gasteiger partial charge on any atom is -0.478 e. The zero-order valence-corrected chi connectivity index (χ0v) is 3.64. The van der Waals surface area contributed by atoms with Gasteiger partial charge in [-0.3, -0.25) is 0 Å². The molecule has 0 aliphatic carbocycles. The maximum atomic E-state index is 9.64. The van der Waals surface area contributed by atoms with Crippen molar-refractivity contribution in [3.05, 3.63) is 6.92 Å². The lowest BCUT2D eigenvalue weighted by molar-refractivity contribution is -0.139. The summed E-state index contributed by atoms with van der Waals surface area (Å²) in [6.45, 7) is 4.77. The minimum atomic E-state index is -0.852. The van der Waals surface area contributed by atoms with Crippen LogP contribution in [0.2, 0.25) is 0 Å². The Kier molecular flexibility index (Phi) is 1.51. The van der Waals surface area contributed by atoms with E-state index in [1.165, 1.54) is 6.92 Å². The van der Waals surface area contributed by atoms with Crippen LogP contribution < -0.4 is 0 Å². The Labute approximate surface area is 36.8 Å². The molecule has 0 fully saturated rings. The van der Waals surface area contributed by atoms with Crippen molar-refractivity contribution >= 4 is 5.97 Å². The number of hydrogen-bond acceptors (Lipinski definition) is 1. The number of aliphatic carboxylic acids is 1. The van der Waals surface area contributed by atoms with Crippen LogP contribution in [-0.2, 0) is 4.79 Å². The third kappa shape index (κ3) is 1.64. The molecule has 0 aromatic rings. The van der Waals surface area contributed by atoms with E-state index in [9.17, 15) is 4.79 Å². The van der Waals surface area contributed by atoms with Gasteiger partial charge in [-0.2, -0.15) is 0 Å². The minimum absolute atomic E-state index is 0.481. The lowest BCUT2D eigenvalue weighted by atomic mass is 10.2. The van der Waals surface area contributed by atoms with Crippen LogP contribution in [0.25, 0.3) is 0 Å². The van der Waals surface area contributed by atoms with Gasteiger partial charge in [-0.15, -0.1) is 0 Å². The first-order chi connectivity index (χ1) is 2.64. The Morgan fingerprint density at radius 3 is 2.17 bits per heavy atom. The lowest BCUT2D eigenvalue weighted by Gasteiger charge is -1.81. The van der Waals surface area contributed by atoms with E-state index in [1.807, 2.05) is 0 Å². The fourth-order valence-electron chi connectivity index (χ4n) is 0. The topological polar surface area (TPSA) is 37.3 Å². The van der Waals surface area contributed by atoms with Gasteiger partial charge in [-0.1, -0.05) is 0 Å². The lowest BCUT2D eigenvalue weighted by Crippen LogP contribution is -2.03. The van der Waals surface area contributed by atoms with Crippen LogP contribution in [0.3, 0.4) is 0 Å². The Bertz CT molecular complexity index is 56.6. The smallest absolute Gasteiger partial charge is 0.351 e. The van der Waals surface area contributed by atoms with E-state index in [0.29, 0.717) is 0 Å². The van der Waals surface area contributed by atoms with Crippen molar-refractivity contribution in [1.82, 2.24) is 0 Å². The fraction of sp³-hybridized carbons (Fsp3) is 0.500. The highest BCUT2D eigenvalue weighted by molar-refractivity contribution is 5.69. The molecule has 0 aromatic carbocycles. The molecule has 1 unspecified atom stereocenters. The van der Waals surface area contributed by atoms with Gasteiger partial charge in [0.05, 0.1) is 6.92 Å². The number of carboxylic acid groups (broad SMARTS) is 1. The third-order valence-corrected chi connectivity index (χ3v) is 0.422. The molecule has 1 atom stereocenters. The Morgan fingerprint density at radius 1 is 2.00 bits per heavy atom. The van der Waals surface area contributed by atoms with Gasteiger partial charge in [0.25, 0.3) is 0 Å². The predicted molar refractivity (Wildman–Crippen MR) is 22.2 cm³/mol. The van der Waals surface area contributed by atoms with Crippen LogP contribution in [0.1, 0.15) is 6.92 Å². The molecule has 0 saturated heterocycles. The van der Waals surface area contributed by atoms with E-state index in [1.54, 1.807) is 0 Å². The van der Waals surface area contributed by atoms with E-state index < -0.39 is 11.9 Å². The van der Waals surface area contributed by atoms with E-state index in [0.717, 1.165) is 0 Å². The van der Waals surface area contributed by atoms with Crippen LogP contribution in [-0.4, -0.2) is 11.1 Å². The molecule has 2 heteroatoms. The van der Waals surface area contributed by atoms with Crippen molar-refractivity contribution in [2.24, 2.45) is 5.92 Å². The second-order valence-corrected chi connectivity index (χ2v) is 1.24. The SMILES string of the molecule is [CH2+]C(C)C(=O)O. The highest BCUT2D eigenvalue weighted by atomic mass is 16.4. The molecule has 0 aliphatic rings. The van der Waals surface area contributed by atoms with E-state index >= 15 is 0 Å². The summed E-state index contributed by atoms with van der Waals surface area (Å²) < 4.78 is 0. The molecule has 0 rings (SSSR count). The summed E-state index contributed by atoms with van der Waals surface area (Å²) in [7, 11) is 0. The maximum absolute atomic E-state index is 9.64. The van der Waals surface area contributed by atoms with Gasteiger partial charge in [0.15, 0.2) is 5.92 Å². The summed E-state index contributed by atoms with van der Waals surface area (Å²) in [6.07, 6.45) is 0. The van der Waals surface area contributed by atoms with Gasteiger partial charge < -0.3 is 5.11 Å². The molecular formula is C4H7O2+. The molecular weight excluding hydrogens is 80.0 g/mol. The number of carbonyl (C=O) groups is 1. The zero-order valence-electron chi connectivity index (χ0n) is 3.64. The van der Waals surface area contributed by atoms with Gasteiger partial charge >= 0.3 is 5.97 Å². The van der Waals surface area contributed by atoms with Crippen LogP contribution in [0, 0.1) is 12.8 Å². The van der Waals surface area contributed by atoms with Gasteiger partial charge in [0.1, 0.15) is 0 Å². The molecule has 0 radical (unpaired) electrons. The van der Waals surface area contributed by atoms with E-state index in [4.69, 9.17) is 5.11 Å². The summed E-state index contributed by atoms with van der Waals surface area (Å²) >= 11 is 0. The average Bonchev–Trinajstić information content (AvgIpc) is 1.36. The molecule has 1 N–H and O–H groups in total. The van der Waals surface area contributed by atoms with Gasteiger partial charge in [-0.25, -0.2) is 4.79 Å². The van der Waals surface area contributed by atoms with Crippen molar-refractivity contribution in [2.45, 2.75) is 6.92 Å². The summed E-state index contributed by atoms with van der Waals surface area (Å²) in [5.41, 5.74) is 0. The maximum Gasteiger partial charge on any atom is 0.351 e. The standard InChI is InChI=1S/C4H6O2/c1-3(2)4(5)6/h3H,1H2,2H3/p+1. The molecule has 6 heavy (non-hydrogen) atoms. The molecule has 2 nitrogen and oxygen atoms in total. The number of rotatable bonds is 1. The molecule has 0 bridgehead atoms. The molecule has 0 aromatic heterocycles. The summed E-state index contributed by atoms with van der Waals surface area (Å²) in [5.74, 6) is -1.33. The fourth-order valence-corrected chi connectivity index (χ4v) is 0. The van der Waals surface area contributed by atoms with Gasteiger partial charge in [0, 0.05) is 0 Å². The van der Waals surface area contributed by atoms with Gasteiger partial charge in [0.2, 0.25) is 0 Å². The van der Waals surface area contributed by atoms with Crippen molar-refractivity contribution < 1.29 is 9.90 Å². The molecule has 0 aliphatic heterocycles. The number of carboxylic acids is 1. The Balaban J connectivity index is 3.26. The summed E-state index contributed by atoms with van der Waals surface area (Å²) in [6, 6.07) is 0. The first-order valence-electron chi connectivity index (χ1n) is 1.70. The third-order valence-electron chi connectivity index (χ3n) is 0.422. The van der Waals surface area contributed by atoms with Crippen molar-refractivity contribution in [2.75, 3.05) is 0 Å². The Hall–Kier alpha value is -0.660. The highest BCUT2D eigenvalue weighted by Crippen LogP contribution is 1.86. The van der Waals surface area contributed by atoms with E-state index in [-0.39, 0.29) is 0 Å². The van der Waals surface area contributed by atoms with Crippen LogP contribution in [0.5, 0.6) is 0 Å². The monoisotopic (exact) mass is 87.0 g/mol. The quantitative estimate of drug-likeness (QED) is 0.474. The van der Waals surface area contributed by atoms with E-state index in [2.05, 4.69) is 6.92 Å². The highest BCUT2D eigenvalue weighted by Gasteiger charge is 2.07. The van der Waals surface area contributed by atoms with Crippen molar-refractivity contribution in [3.63, 3.8) is 0 Å². The molecule has 0 amide bonds. The average molecular weight is 87.1 g/mol. The largest absolute Gasteiger partial charge is 0.478 e. The van der Waals surface area contributed by atoms with Crippen molar-refractivity contribution in [1.29, 1.82) is 0 Å². The Morgan fingerprint density at radius 2 is 2.17 bits per heavy atom.